The van der Waals surface area contributed by atoms with Gasteiger partial charge >= 0.3 is 0 Å². The highest BCUT2D eigenvalue weighted by Crippen LogP contribution is 2.17. The summed E-state index contributed by atoms with van der Waals surface area (Å²) in [6, 6.07) is 5.25. The second-order valence-electron chi connectivity index (χ2n) is 4.31. The van der Waals surface area contributed by atoms with E-state index in [-0.39, 0.29) is 5.82 Å². The highest BCUT2D eigenvalue weighted by Gasteiger charge is 2.14. The van der Waals surface area contributed by atoms with Crippen molar-refractivity contribution in [2.24, 2.45) is 0 Å². The normalized spacial score (nSPS) is 20.0. The monoisotopic (exact) mass is 223 g/mol. The first kappa shape index (κ1) is 11.4. The first-order valence-corrected chi connectivity index (χ1v) is 5.87. The van der Waals surface area contributed by atoms with E-state index in [4.69, 9.17) is 4.74 Å². The molecule has 0 spiro atoms. The Kier molecular flexibility index (Phi) is 3.78. The summed E-state index contributed by atoms with van der Waals surface area (Å²) >= 11 is 0. The molecule has 2 nitrogen and oxygen atoms in total. The van der Waals surface area contributed by atoms with Crippen LogP contribution in [0.3, 0.4) is 0 Å². The summed E-state index contributed by atoms with van der Waals surface area (Å²) in [5.74, 6) is -0.151. The molecule has 0 bridgehead atoms. The molecule has 1 atom stereocenters. The number of rotatable bonds is 4. The molecule has 0 aromatic heterocycles. The molecule has 0 radical (unpaired) electrons. The highest BCUT2D eigenvalue weighted by atomic mass is 19.1. The fourth-order valence-corrected chi connectivity index (χ4v) is 1.95. The fourth-order valence-electron chi connectivity index (χ4n) is 1.95. The van der Waals surface area contributed by atoms with E-state index in [1.807, 2.05) is 6.07 Å². The molecule has 0 aliphatic carbocycles. The quantitative estimate of drug-likeness (QED) is 0.846. The first-order chi connectivity index (χ1) is 7.75. The van der Waals surface area contributed by atoms with Crippen molar-refractivity contribution < 1.29 is 9.13 Å². The number of aryl methyl sites for hydroxylation is 1. The van der Waals surface area contributed by atoms with Gasteiger partial charge in [0.1, 0.15) is 5.82 Å². The maximum atomic E-state index is 13.2. The van der Waals surface area contributed by atoms with E-state index >= 15 is 0 Å². The molecular weight excluding hydrogens is 205 g/mol. The molecular formula is C13H18FNO. The molecule has 1 heterocycles. The SMILES string of the molecule is Cc1ccc(NCCC2CCCO2)cc1F. The number of benzene rings is 1. The molecule has 88 valence electrons. The summed E-state index contributed by atoms with van der Waals surface area (Å²) in [5, 5.41) is 3.22. The summed E-state index contributed by atoms with van der Waals surface area (Å²) < 4.78 is 18.8. The third-order valence-corrected chi connectivity index (χ3v) is 2.99. The Hall–Kier alpha value is -1.09. The van der Waals surface area contributed by atoms with Crippen molar-refractivity contribution >= 4 is 5.69 Å². The van der Waals surface area contributed by atoms with Crippen LogP contribution in [0.25, 0.3) is 0 Å². The largest absolute Gasteiger partial charge is 0.385 e. The number of nitrogens with one attached hydrogen (secondary N) is 1. The first-order valence-electron chi connectivity index (χ1n) is 5.87. The molecule has 1 aromatic rings. The van der Waals surface area contributed by atoms with E-state index in [0.717, 1.165) is 31.7 Å². The molecule has 1 aromatic carbocycles. The minimum absolute atomic E-state index is 0.151. The van der Waals surface area contributed by atoms with Gasteiger partial charge in [-0.25, -0.2) is 4.39 Å². The fraction of sp³-hybridized carbons (Fsp3) is 0.538. The number of hydrogen-bond acceptors (Lipinski definition) is 2. The molecule has 1 saturated heterocycles. The Balaban J connectivity index is 1.78. The summed E-state index contributed by atoms with van der Waals surface area (Å²) in [4.78, 5) is 0. The van der Waals surface area contributed by atoms with Crippen molar-refractivity contribution in [3.8, 4) is 0 Å². The molecule has 1 N–H and O–H groups in total. The molecule has 1 aliphatic heterocycles. The average Bonchev–Trinajstić information content (AvgIpc) is 2.76. The second-order valence-corrected chi connectivity index (χ2v) is 4.31. The average molecular weight is 223 g/mol. The zero-order valence-electron chi connectivity index (χ0n) is 9.63. The lowest BCUT2D eigenvalue weighted by atomic mass is 10.1. The van der Waals surface area contributed by atoms with Gasteiger partial charge in [-0.05, 0) is 43.9 Å². The van der Waals surface area contributed by atoms with Crippen molar-refractivity contribution in [1.29, 1.82) is 0 Å². The smallest absolute Gasteiger partial charge is 0.128 e. The van der Waals surface area contributed by atoms with Gasteiger partial charge in [-0.3, -0.25) is 0 Å². The van der Waals surface area contributed by atoms with Crippen molar-refractivity contribution in [3.05, 3.63) is 29.6 Å². The van der Waals surface area contributed by atoms with Gasteiger partial charge < -0.3 is 10.1 Å². The number of ether oxygens (including phenoxy) is 1. The predicted octanol–water partition coefficient (Wildman–Crippen LogP) is 3.12. The molecule has 2 rings (SSSR count). The summed E-state index contributed by atoms with van der Waals surface area (Å²) in [6.45, 7) is 3.50. The number of hydrogen-bond donors (Lipinski definition) is 1. The van der Waals surface area contributed by atoms with Gasteiger partial charge in [0.25, 0.3) is 0 Å². The Labute approximate surface area is 95.8 Å². The van der Waals surface area contributed by atoms with Crippen LogP contribution in [0.15, 0.2) is 18.2 Å². The Morgan fingerprint density at radius 3 is 3.06 bits per heavy atom. The zero-order chi connectivity index (χ0) is 11.4. The van der Waals surface area contributed by atoms with Gasteiger partial charge in [-0.1, -0.05) is 6.07 Å². The van der Waals surface area contributed by atoms with Gasteiger partial charge in [-0.15, -0.1) is 0 Å². The molecule has 1 fully saturated rings. The lowest BCUT2D eigenvalue weighted by Gasteiger charge is -2.11. The topological polar surface area (TPSA) is 21.3 Å². The van der Waals surface area contributed by atoms with E-state index < -0.39 is 0 Å². The minimum Gasteiger partial charge on any atom is -0.385 e. The van der Waals surface area contributed by atoms with E-state index in [9.17, 15) is 4.39 Å². The molecule has 16 heavy (non-hydrogen) atoms. The van der Waals surface area contributed by atoms with Crippen molar-refractivity contribution in [1.82, 2.24) is 0 Å². The Morgan fingerprint density at radius 2 is 2.38 bits per heavy atom. The lowest BCUT2D eigenvalue weighted by molar-refractivity contribution is 0.107. The zero-order valence-corrected chi connectivity index (χ0v) is 9.63. The molecule has 1 aliphatic rings. The number of halogens is 1. The predicted molar refractivity (Wildman–Crippen MR) is 63.2 cm³/mol. The van der Waals surface area contributed by atoms with Gasteiger partial charge in [0, 0.05) is 18.8 Å². The van der Waals surface area contributed by atoms with Crippen LogP contribution in [0.4, 0.5) is 10.1 Å². The third-order valence-electron chi connectivity index (χ3n) is 2.99. The summed E-state index contributed by atoms with van der Waals surface area (Å²) in [6.07, 6.45) is 3.71. The van der Waals surface area contributed by atoms with E-state index in [2.05, 4.69) is 5.32 Å². The molecule has 3 heteroatoms. The van der Waals surface area contributed by atoms with Gasteiger partial charge in [0.2, 0.25) is 0 Å². The molecule has 0 saturated carbocycles. The van der Waals surface area contributed by atoms with Crippen molar-refractivity contribution in [2.45, 2.75) is 32.3 Å². The van der Waals surface area contributed by atoms with E-state index in [0.29, 0.717) is 11.7 Å². The third kappa shape index (κ3) is 2.95. The van der Waals surface area contributed by atoms with E-state index in [1.165, 1.54) is 6.42 Å². The summed E-state index contributed by atoms with van der Waals surface area (Å²) in [7, 11) is 0. The second kappa shape index (κ2) is 5.30. The van der Waals surface area contributed by atoms with Crippen LogP contribution in [-0.2, 0) is 4.74 Å². The molecule has 1 unspecified atom stereocenters. The maximum absolute atomic E-state index is 13.2. The Bertz CT molecular complexity index is 348. The van der Waals surface area contributed by atoms with Crippen LogP contribution >= 0.6 is 0 Å². The maximum Gasteiger partial charge on any atom is 0.128 e. The van der Waals surface area contributed by atoms with E-state index in [1.54, 1.807) is 19.1 Å². The van der Waals surface area contributed by atoms with Crippen LogP contribution < -0.4 is 5.32 Å². The van der Waals surface area contributed by atoms with Gasteiger partial charge in [0.15, 0.2) is 0 Å². The Morgan fingerprint density at radius 1 is 1.50 bits per heavy atom. The van der Waals surface area contributed by atoms with Crippen molar-refractivity contribution in [3.63, 3.8) is 0 Å². The van der Waals surface area contributed by atoms with Gasteiger partial charge in [0.05, 0.1) is 6.10 Å². The lowest BCUT2D eigenvalue weighted by Crippen LogP contribution is -2.12. The van der Waals surface area contributed by atoms with Crippen LogP contribution in [0.2, 0.25) is 0 Å². The van der Waals surface area contributed by atoms with Crippen LogP contribution in [0.1, 0.15) is 24.8 Å². The number of anilines is 1. The highest BCUT2D eigenvalue weighted by molar-refractivity contribution is 5.45. The van der Waals surface area contributed by atoms with Gasteiger partial charge in [-0.2, -0.15) is 0 Å². The molecule has 0 amide bonds. The minimum atomic E-state index is -0.151. The standard InChI is InChI=1S/C13H18FNO/c1-10-4-5-11(9-13(10)14)15-7-6-12-3-2-8-16-12/h4-5,9,12,15H,2-3,6-8H2,1H3. The summed E-state index contributed by atoms with van der Waals surface area (Å²) in [5.41, 5.74) is 1.53. The van der Waals surface area contributed by atoms with Crippen molar-refractivity contribution in [2.75, 3.05) is 18.5 Å². The van der Waals surface area contributed by atoms with Crippen LogP contribution in [-0.4, -0.2) is 19.3 Å². The van der Waals surface area contributed by atoms with Crippen LogP contribution in [0, 0.1) is 12.7 Å². The van der Waals surface area contributed by atoms with Crippen LogP contribution in [0.5, 0.6) is 0 Å².